The first-order valence-electron chi connectivity index (χ1n) is 8.82. The van der Waals surface area contributed by atoms with E-state index in [1.807, 2.05) is 0 Å². The highest BCUT2D eigenvalue weighted by Gasteiger charge is 1.94. The predicted octanol–water partition coefficient (Wildman–Crippen LogP) is 3.93. The molecule has 0 unspecified atom stereocenters. The van der Waals surface area contributed by atoms with E-state index < -0.39 is 0 Å². The Labute approximate surface area is 127 Å². The van der Waals surface area contributed by atoms with Crippen LogP contribution in [0.25, 0.3) is 0 Å². The Balaban J connectivity index is 0. The molecule has 0 aliphatic rings. The topological polar surface area (TPSA) is 83.5 Å². The Bertz CT molecular complexity index is 138. The normalized spacial score (nSPS) is 10.5. The van der Waals surface area contributed by atoms with Gasteiger partial charge in [-0.25, -0.2) is 0 Å². The van der Waals surface area contributed by atoms with Crippen molar-refractivity contribution in [3.8, 4) is 0 Å². The molecule has 0 radical (unpaired) electrons. The van der Waals surface area contributed by atoms with Gasteiger partial charge in [-0.05, 0) is 25.9 Å². The molecule has 0 aromatic rings. The van der Waals surface area contributed by atoms with Crippen molar-refractivity contribution in [2.75, 3.05) is 13.1 Å². The van der Waals surface area contributed by atoms with E-state index in [1.54, 1.807) is 0 Å². The van der Waals surface area contributed by atoms with Crippen LogP contribution in [0.5, 0.6) is 0 Å². The van der Waals surface area contributed by atoms with E-state index >= 15 is 0 Å². The summed E-state index contributed by atoms with van der Waals surface area (Å²) in [6.45, 7) is 1.73. The molecule has 0 aromatic carbocycles. The first-order chi connectivity index (χ1) is 9.41. The van der Waals surface area contributed by atoms with Crippen LogP contribution in [-0.2, 0) is 0 Å². The lowest BCUT2D eigenvalue weighted by atomic mass is 10.0. The Morgan fingerprint density at radius 1 is 0.300 bits per heavy atom. The van der Waals surface area contributed by atoms with Gasteiger partial charge in [0.15, 0.2) is 0 Å². The molecule has 20 heavy (non-hydrogen) atoms. The fourth-order valence-electron chi connectivity index (χ4n) is 2.59. The van der Waals surface area contributed by atoms with Crippen LogP contribution < -0.4 is 11.5 Å². The van der Waals surface area contributed by atoms with Crippen molar-refractivity contribution in [3.05, 3.63) is 0 Å². The summed E-state index contributed by atoms with van der Waals surface area (Å²) in [6.07, 6.45) is 20.8. The van der Waals surface area contributed by atoms with Crippen molar-refractivity contribution < 1.29 is 5.48 Å². The van der Waals surface area contributed by atoms with Crippen molar-refractivity contribution in [1.82, 2.24) is 0 Å². The van der Waals surface area contributed by atoms with E-state index in [2.05, 4.69) is 0 Å². The highest BCUT2D eigenvalue weighted by atomic mass is 16.0. The van der Waals surface area contributed by atoms with Gasteiger partial charge in [-0.2, -0.15) is 0 Å². The summed E-state index contributed by atoms with van der Waals surface area (Å²) < 4.78 is 0. The molecule has 0 spiro atoms. The first kappa shape index (κ1) is 22.2. The van der Waals surface area contributed by atoms with Gasteiger partial charge in [-0.1, -0.05) is 83.5 Å². The zero-order valence-electron chi connectivity index (χ0n) is 13.7. The molecule has 0 heterocycles. The van der Waals surface area contributed by atoms with Crippen LogP contribution >= 0.6 is 0 Å². The average molecular weight is 289 g/mol. The molecule has 0 saturated carbocycles. The lowest BCUT2D eigenvalue weighted by Crippen LogP contribution is -1.97. The molecule has 124 valence electrons. The maximum absolute atomic E-state index is 5.48. The third-order valence-electron chi connectivity index (χ3n) is 3.91. The maximum Gasteiger partial charge on any atom is -0.00773 e. The third-order valence-corrected chi connectivity index (χ3v) is 3.91. The van der Waals surface area contributed by atoms with E-state index in [0.717, 1.165) is 13.1 Å². The van der Waals surface area contributed by atoms with E-state index in [0.29, 0.717) is 0 Å². The summed E-state index contributed by atoms with van der Waals surface area (Å²) in [6, 6.07) is 0. The van der Waals surface area contributed by atoms with Gasteiger partial charge in [0.1, 0.15) is 0 Å². The molecule has 6 N–H and O–H groups in total. The van der Waals surface area contributed by atoms with Crippen molar-refractivity contribution in [1.29, 1.82) is 0 Å². The van der Waals surface area contributed by atoms with Gasteiger partial charge in [-0.15, -0.1) is 0 Å². The van der Waals surface area contributed by atoms with Crippen LogP contribution in [0.4, 0.5) is 0 Å². The van der Waals surface area contributed by atoms with E-state index in [-0.39, 0.29) is 5.48 Å². The number of unbranched alkanes of at least 4 members (excludes halogenated alkanes) is 14. The second-order valence-corrected chi connectivity index (χ2v) is 5.88. The zero-order valence-corrected chi connectivity index (χ0v) is 13.7. The molecular formula is C17H40N2O. The van der Waals surface area contributed by atoms with Crippen molar-refractivity contribution >= 4 is 0 Å². The number of nitrogens with two attached hydrogens (primary N) is 2. The predicted molar refractivity (Wildman–Crippen MR) is 91.0 cm³/mol. The van der Waals surface area contributed by atoms with E-state index in [9.17, 15) is 0 Å². The fraction of sp³-hybridized carbons (Fsp3) is 1.00. The van der Waals surface area contributed by atoms with Gasteiger partial charge in [0.05, 0.1) is 0 Å². The quantitative estimate of drug-likeness (QED) is 0.422. The van der Waals surface area contributed by atoms with Crippen LogP contribution in [-0.4, -0.2) is 18.6 Å². The summed E-state index contributed by atoms with van der Waals surface area (Å²) in [5.41, 5.74) is 11.0. The highest BCUT2D eigenvalue weighted by Crippen LogP contribution is 2.13. The van der Waals surface area contributed by atoms with E-state index in [1.165, 1.54) is 96.3 Å². The van der Waals surface area contributed by atoms with Crippen molar-refractivity contribution in [3.63, 3.8) is 0 Å². The zero-order chi connectivity index (χ0) is 14.0. The van der Waals surface area contributed by atoms with Gasteiger partial charge >= 0.3 is 0 Å². The van der Waals surface area contributed by atoms with Gasteiger partial charge in [0.2, 0.25) is 0 Å². The smallest absolute Gasteiger partial charge is 0.00773 e. The van der Waals surface area contributed by atoms with Crippen molar-refractivity contribution in [2.45, 2.75) is 96.3 Å². The standard InChI is InChI=1S/C17H38N2.H2O/c18-16-14-12-10-8-6-4-2-1-3-5-7-9-11-13-15-17-19;/h1-19H2;1H2. The summed E-state index contributed by atoms with van der Waals surface area (Å²) >= 11 is 0. The monoisotopic (exact) mass is 288 g/mol. The van der Waals surface area contributed by atoms with Crippen molar-refractivity contribution in [2.24, 2.45) is 11.5 Å². The molecule has 0 fully saturated rings. The molecule has 0 saturated heterocycles. The third kappa shape index (κ3) is 20.2. The maximum atomic E-state index is 5.48. The summed E-state index contributed by atoms with van der Waals surface area (Å²) in [7, 11) is 0. The summed E-state index contributed by atoms with van der Waals surface area (Å²) in [4.78, 5) is 0. The fourth-order valence-corrected chi connectivity index (χ4v) is 2.59. The number of hydrogen-bond acceptors (Lipinski definition) is 2. The molecule has 0 atom stereocenters. The molecular weight excluding hydrogens is 248 g/mol. The van der Waals surface area contributed by atoms with Crippen LogP contribution in [0.2, 0.25) is 0 Å². The Morgan fingerprint density at radius 2 is 0.450 bits per heavy atom. The van der Waals surface area contributed by atoms with E-state index in [4.69, 9.17) is 11.5 Å². The second kappa shape index (κ2) is 21.2. The molecule has 0 rings (SSSR count). The molecule has 3 heteroatoms. The molecule has 3 nitrogen and oxygen atoms in total. The first-order valence-corrected chi connectivity index (χ1v) is 8.82. The molecule has 0 bridgehead atoms. The molecule has 0 aliphatic heterocycles. The highest BCUT2D eigenvalue weighted by molar-refractivity contribution is 4.50. The molecule has 0 aliphatic carbocycles. The lowest BCUT2D eigenvalue weighted by molar-refractivity contribution is 0.531. The minimum atomic E-state index is 0. The van der Waals surface area contributed by atoms with Gasteiger partial charge < -0.3 is 16.9 Å². The van der Waals surface area contributed by atoms with Crippen LogP contribution in [0.15, 0.2) is 0 Å². The van der Waals surface area contributed by atoms with Gasteiger partial charge in [0, 0.05) is 0 Å². The summed E-state index contributed by atoms with van der Waals surface area (Å²) in [5, 5.41) is 0. The van der Waals surface area contributed by atoms with Crippen LogP contribution in [0.3, 0.4) is 0 Å². The largest absolute Gasteiger partial charge is 0.412 e. The Hall–Kier alpha value is -0.120. The minimum Gasteiger partial charge on any atom is -0.412 e. The number of rotatable bonds is 16. The Morgan fingerprint density at radius 3 is 0.600 bits per heavy atom. The van der Waals surface area contributed by atoms with Gasteiger partial charge in [0.25, 0.3) is 0 Å². The average Bonchev–Trinajstić information content (AvgIpc) is 2.43. The second-order valence-electron chi connectivity index (χ2n) is 5.88. The molecule has 0 amide bonds. The molecule has 0 aromatic heterocycles. The number of hydrogen-bond donors (Lipinski definition) is 2. The lowest BCUT2D eigenvalue weighted by Gasteiger charge is -2.03. The van der Waals surface area contributed by atoms with Crippen LogP contribution in [0, 0.1) is 0 Å². The minimum absolute atomic E-state index is 0. The van der Waals surface area contributed by atoms with Crippen LogP contribution in [0.1, 0.15) is 96.3 Å². The van der Waals surface area contributed by atoms with Gasteiger partial charge in [-0.3, -0.25) is 0 Å². The SMILES string of the molecule is NCCCCCCCCCCCCCCCCCN.O. The Kier molecular flexibility index (Phi) is 23.5. The summed E-state index contributed by atoms with van der Waals surface area (Å²) in [5.74, 6) is 0.